The van der Waals surface area contributed by atoms with Crippen LogP contribution < -0.4 is 5.73 Å². The molecule has 1 aliphatic rings. The molecular weight excluding hydrogens is 152 g/mol. The topological polar surface area (TPSA) is 43.1 Å². The quantitative estimate of drug-likeness (QED) is 0.673. The van der Waals surface area contributed by atoms with Gasteiger partial charge in [-0.15, -0.1) is 0 Å². The zero-order valence-corrected chi connectivity index (χ0v) is 6.15. The second-order valence-corrected chi connectivity index (χ2v) is 2.97. The maximum absolute atomic E-state index is 12.2. The summed E-state index contributed by atoms with van der Waals surface area (Å²) in [7, 11) is 0. The van der Waals surface area contributed by atoms with E-state index < -0.39 is 11.8 Å². The first-order chi connectivity index (χ1) is 5.05. The molecule has 0 bridgehead atoms. The van der Waals surface area contributed by atoms with Crippen molar-refractivity contribution in [2.45, 2.75) is 25.2 Å². The van der Waals surface area contributed by atoms with E-state index in [2.05, 4.69) is 0 Å². The van der Waals surface area contributed by atoms with Gasteiger partial charge in [0.1, 0.15) is 5.78 Å². The van der Waals surface area contributed by atoms with Crippen LogP contribution in [0.2, 0.25) is 0 Å². The minimum Gasteiger partial charge on any atom is -0.330 e. The van der Waals surface area contributed by atoms with Crippen LogP contribution in [-0.2, 0) is 4.79 Å². The smallest absolute Gasteiger partial charge is 0.249 e. The Morgan fingerprint density at radius 1 is 1.55 bits per heavy atom. The zero-order valence-electron chi connectivity index (χ0n) is 6.15. The predicted molar refractivity (Wildman–Crippen MR) is 36.3 cm³/mol. The predicted octanol–water partition coefficient (Wildman–Crippen LogP) is 0.950. The van der Waals surface area contributed by atoms with Gasteiger partial charge in [-0.05, 0) is 6.54 Å². The van der Waals surface area contributed by atoms with Gasteiger partial charge in [0.05, 0.1) is 0 Å². The van der Waals surface area contributed by atoms with Gasteiger partial charge in [0.25, 0.3) is 0 Å². The molecule has 2 nitrogen and oxygen atoms in total. The van der Waals surface area contributed by atoms with Crippen molar-refractivity contribution in [1.82, 2.24) is 0 Å². The standard InChI is InChI=1S/C7H11F2NO/c8-7(9)3-5(4-7)6(11)1-2-10/h5H,1-4,10H2. The SMILES string of the molecule is NCCC(=O)C1CC(F)(F)C1. The average Bonchev–Trinajstić information content (AvgIpc) is 1.83. The van der Waals surface area contributed by atoms with Crippen LogP contribution in [0.3, 0.4) is 0 Å². The molecule has 1 fully saturated rings. The highest BCUT2D eigenvalue weighted by atomic mass is 19.3. The third-order valence-electron chi connectivity index (χ3n) is 1.94. The molecule has 0 spiro atoms. The molecule has 0 heterocycles. The van der Waals surface area contributed by atoms with Crippen LogP contribution in [0, 0.1) is 5.92 Å². The largest absolute Gasteiger partial charge is 0.330 e. The summed E-state index contributed by atoms with van der Waals surface area (Å²) in [5, 5.41) is 0. The van der Waals surface area contributed by atoms with Gasteiger partial charge in [0.15, 0.2) is 0 Å². The van der Waals surface area contributed by atoms with E-state index in [9.17, 15) is 13.6 Å². The Bertz CT molecular complexity index is 162. The van der Waals surface area contributed by atoms with Crippen LogP contribution in [0.25, 0.3) is 0 Å². The van der Waals surface area contributed by atoms with Crippen molar-refractivity contribution in [3.05, 3.63) is 0 Å². The van der Waals surface area contributed by atoms with Crippen LogP contribution in [0.1, 0.15) is 19.3 Å². The van der Waals surface area contributed by atoms with Crippen molar-refractivity contribution in [1.29, 1.82) is 0 Å². The van der Waals surface area contributed by atoms with Crippen molar-refractivity contribution in [3.8, 4) is 0 Å². The fraction of sp³-hybridized carbons (Fsp3) is 0.857. The number of Topliss-reactive ketones (excluding diaryl/α,β-unsaturated/α-hetero) is 1. The Morgan fingerprint density at radius 2 is 2.09 bits per heavy atom. The van der Waals surface area contributed by atoms with E-state index >= 15 is 0 Å². The minimum absolute atomic E-state index is 0.113. The lowest BCUT2D eigenvalue weighted by molar-refractivity contribution is -0.148. The van der Waals surface area contributed by atoms with Crippen molar-refractivity contribution in [3.63, 3.8) is 0 Å². The molecule has 0 aromatic carbocycles. The normalized spacial score (nSPS) is 22.8. The first kappa shape index (κ1) is 8.59. The molecule has 1 saturated carbocycles. The van der Waals surface area contributed by atoms with Gasteiger partial charge in [0.2, 0.25) is 5.92 Å². The molecule has 0 radical (unpaired) electrons. The van der Waals surface area contributed by atoms with Crippen LogP contribution in [0.5, 0.6) is 0 Å². The van der Waals surface area contributed by atoms with E-state index in [1.54, 1.807) is 0 Å². The van der Waals surface area contributed by atoms with Crippen LogP contribution in [-0.4, -0.2) is 18.3 Å². The van der Waals surface area contributed by atoms with Crippen LogP contribution in [0.15, 0.2) is 0 Å². The molecule has 0 amide bonds. The molecule has 0 unspecified atom stereocenters. The zero-order chi connectivity index (χ0) is 8.48. The number of hydrogen-bond acceptors (Lipinski definition) is 2. The fourth-order valence-electron chi connectivity index (χ4n) is 1.24. The third kappa shape index (κ3) is 1.96. The number of hydrogen-bond donors (Lipinski definition) is 1. The Balaban J connectivity index is 2.27. The molecule has 4 heteroatoms. The van der Waals surface area contributed by atoms with E-state index in [0.29, 0.717) is 0 Å². The summed E-state index contributed by atoms with van der Waals surface area (Å²) >= 11 is 0. The van der Waals surface area contributed by atoms with Gasteiger partial charge in [0, 0.05) is 25.2 Å². The van der Waals surface area contributed by atoms with E-state index in [-0.39, 0.29) is 31.6 Å². The number of halogens is 2. The lowest BCUT2D eigenvalue weighted by Crippen LogP contribution is -2.40. The summed E-state index contributed by atoms with van der Waals surface area (Å²) < 4.78 is 24.4. The lowest BCUT2D eigenvalue weighted by Gasteiger charge is -2.33. The summed E-state index contributed by atoms with van der Waals surface area (Å²) in [6, 6.07) is 0. The van der Waals surface area contributed by atoms with Gasteiger partial charge >= 0.3 is 0 Å². The summed E-state index contributed by atoms with van der Waals surface area (Å²) in [5.74, 6) is -3.12. The molecule has 0 aliphatic heterocycles. The van der Waals surface area contributed by atoms with E-state index in [1.165, 1.54) is 0 Å². The minimum atomic E-state index is -2.59. The molecule has 0 atom stereocenters. The Kier molecular flexibility index (Phi) is 2.23. The highest BCUT2D eigenvalue weighted by molar-refractivity contribution is 5.82. The summed E-state index contributed by atoms with van der Waals surface area (Å²) in [6.45, 7) is 0.265. The molecule has 0 saturated heterocycles. The maximum Gasteiger partial charge on any atom is 0.249 e. The first-order valence-corrected chi connectivity index (χ1v) is 3.66. The number of rotatable bonds is 3. The maximum atomic E-state index is 12.2. The average molecular weight is 163 g/mol. The van der Waals surface area contributed by atoms with E-state index in [4.69, 9.17) is 5.73 Å². The molecule has 0 aromatic rings. The summed E-state index contributed by atoms with van der Waals surface area (Å²) in [6.07, 6.45) is -0.307. The highest BCUT2D eigenvalue weighted by Crippen LogP contribution is 2.42. The summed E-state index contributed by atoms with van der Waals surface area (Å²) in [4.78, 5) is 10.9. The molecule has 2 N–H and O–H groups in total. The van der Waals surface area contributed by atoms with E-state index in [1.807, 2.05) is 0 Å². The van der Waals surface area contributed by atoms with Gasteiger partial charge in [-0.1, -0.05) is 0 Å². The number of carbonyl (C=O) groups excluding carboxylic acids is 1. The second-order valence-electron chi connectivity index (χ2n) is 2.97. The monoisotopic (exact) mass is 163 g/mol. The molecule has 64 valence electrons. The van der Waals surface area contributed by atoms with Gasteiger partial charge in [-0.25, -0.2) is 8.78 Å². The molecule has 11 heavy (non-hydrogen) atoms. The van der Waals surface area contributed by atoms with Gasteiger partial charge in [-0.3, -0.25) is 4.79 Å². The van der Waals surface area contributed by atoms with Crippen LogP contribution >= 0.6 is 0 Å². The number of alkyl halides is 2. The van der Waals surface area contributed by atoms with Crippen LogP contribution in [0.4, 0.5) is 8.78 Å². The van der Waals surface area contributed by atoms with Crippen molar-refractivity contribution < 1.29 is 13.6 Å². The number of nitrogens with two attached hydrogens (primary N) is 1. The number of carbonyl (C=O) groups is 1. The Hall–Kier alpha value is -0.510. The van der Waals surface area contributed by atoms with Crippen molar-refractivity contribution in [2.24, 2.45) is 11.7 Å². The molecular formula is C7H11F2NO. The molecule has 1 rings (SSSR count). The number of ketones is 1. The fourth-order valence-corrected chi connectivity index (χ4v) is 1.24. The van der Waals surface area contributed by atoms with Gasteiger partial charge < -0.3 is 5.73 Å². The lowest BCUT2D eigenvalue weighted by atomic mass is 9.78. The van der Waals surface area contributed by atoms with E-state index in [0.717, 1.165) is 0 Å². The molecule has 0 aromatic heterocycles. The summed E-state index contributed by atoms with van der Waals surface area (Å²) in [5.41, 5.74) is 5.11. The first-order valence-electron chi connectivity index (χ1n) is 3.66. The third-order valence-corrected chi connectivity index (χ3v) is 1.94. The Labute approximate surface area is 63.8 Å². The van der Waals surface area contributed by atoms with Crippen molar-refractivity contribution >= 4 is 5.78 Å². The second kappa shape index (κ2) is 2.85. The highest BCUT2D eigenvalue weighted by Gasteiger charge is 2.47. The van der Waals surface area contributed by atoms with Gasteiger partial charge in [-0.2, -0.15) is 0 Å². The van der Waals surface area contributed by atoms with Crippen molar-refractivity contribution in [2.75, 3.05) is 6.54 Å². The molecule has 1 aliphatic carbocycles. The Morgan fingerprint density at radius 3 is 2.45 bits per heavy atom.